The van der Waals surface area contributed by atoms with Crippen LogP contribution in [0.15, 0.2) is 4.34 Å². The second-order valence-electron chi connectivity index (χ2n) is 3.41. The highest BCUT2D eigenvalue weighted by molar-refractivity contribution is 8.01. The zero-order valence-corrected chi connectivity index (χ0v) is 12.6. The minimum absolute atomic E-state index is 0.0959. The van der Waals surface area contributed by atoms with Gasteiger partial charge in [-0.15, -0.1) is 15.3 Å². The maximum absolute atomic E-state index is 12.0. The summed E-state index contributed by atoms with van der Waals surface area (Å²) in [5.74, 6) is -1.36. The van der Waals surface area contributed by atoms with Gasteiger partial charge in [-0.3, -0.25) is 14.9 Å². The molecule has 2 aromatic heterocycles. The summed E-state index contributed by atoms with van der Waals surface area (Å²) in [5.41, 5.74) is 0.637. The van der Waals surface area contributed by atoms with Crippen LogP contribution in [0.3, 0.4) is 0 Å². The number of rotatable bonds is 6. The van der Waals surface area contributed by atoms with E-state index in [9.17, 15) is 9.59 Å². The highest BCUT2D eigenvalue weighted by atomic mass is 32.2. The number of anilines is 1. The average molecular weight is 331 g/mol. The molecule has 0 fully saturated rings. The van der Waals surface area contributed by atoms with E-state index in [1.165, 1.54) is 0 Å². The fourth-order valence-corrected chi connectivity index (χ4v) is 3.32. The molecule has 0 aromatic carbocycles. The molecule has 0 aliphatic heterocycles. The summed E-state index contributed by atoms with van der Waals surface area (Å²) in [6.07, 6.45) is 0.620. The van der Waals surface area contributed by atoms with Gasteiger partial charge in [-0.25, -0.2) is 0 Å². The van der Waals surface area contributed by atoms with Gasteiger partial charge in [-0.05, 0) is 18.0 Å². The molecule has 11 heteroatoms. The third-order valence-corrected chi connectivity index (χ3v) is 4.77. The van der Waals surface area contributed by atoms with Crippen molar-refractivity contribution in [1.29, 1.82) is 0 Å². The van der Waals surface area contributed by atoms with E-state index in [2.05, 4.69) is 25.1 Å². The van der Waals surface area contributed by atoms with Crippen LogP contribution in [-0.4, -0.2) is 42.5 Å². The Morgan fingerprint density at radius 3 is 2.85 bits per heavy atom. The Morgan fingerprint density at radius 2 is 2.15 bits per heavy atom. The number of aromatic nitrogens is 4. The molecule has 0 atom stereocenters. The number of carboxylic acids is 1. The van der Waals surface area contributed by atoms with Crippen LogP contribution < -0.4 is 5.32 Å². The number of amides is 1. The summed E-state index contributed by atoms with van der Waals surface area (Å²) < 4.78 is 4.23. The quantitative estimate of drug-likeness (QED) is 0.602. The Hall–Kier alpha value is -1.59. The highest BCUT2D eigenvalue weighted by Gasteiger charge is 2.17. The number of hydrogen-bond donors (Lipinski definition) is 2. The smallest absolute Gasteiger partial charge is 0.313 e. The first kappa shape index (κ1) is 14.8. The first-order valence-electron chi connectivity index (χ1n) is 5.40. The number of nitrogens with zero attached hydrogens (tertiary/aromatic N) is 4. The molecule has 0 unspecified atom stereocenters. The second-order valence-corrected chi connectivity index (χ2v) is 6.37. The summed E-state index contributed by atoms with van der Waals surface area (Å²) >= 11 is 3.20. The van der Waals surface area contributed by atoms with Crippen molar-refractivity contribution >= 4 is 51.6 Å². The van der Waals surface area contributed by atoms with Crippen molar-refractivity contribution in [2.45, 2.75) is 17.7 Å². The normalized spacial score (nSPS) is 10.4. The van der Waals surface area contributed by atoms with Crippen LogP contribution in [0, 0.1) is 0 Å². The number of thioether (sulfide) groups is 1. The summed E-state index contributed by atoms with van der Waals surface area (Å²) in [5, 5.41) is 22.9. The van der Waals surface area contributed by atoms with E-state index in [1.807, 2.05) is 6.92 Å². The molecule has 0 saturated carbocycles. The van der Waals surface area contributed by atoms with Crippen LogP contribution >= 0.6 is 34.6 Å². The van der Waals surface area contributed by atoms with Gasteiger partial charge in [0, 0.05) is 0 Å². The van der Waals surface area contributed by atoms with Crippen LogP contribution in [-0.2, 0) is 11.2 Å². The molecule has 0 bridgehead atoms. The van der Waals surface area contributed by atoms with E-state index in [0.717, 1.165) is 34.6 Å². The van der Waals surface area contributed by atoms with Crippen molar-refractivity contribution in [3.63, 3.8) is 0 Å². The zero-order valence-electron chi connectivity index (χ0n) is 10.2. The molecule has 2 rings (SSSR count). The van der Waals surface area contributed by atoms with Gasteiger partial charge >= 0.3 is 5.97 Å². The van der Waals surface area contributed by atoms with E-state index >= 15 is 0 Å². The molecule has 0 aliphatic rings. The monoisotopic (exact) mass is 331 g/mol. The lowest BCUT2D eigenvalue weighted by Gasteiger charge is -1.98. The Kier molecular flexibility index (Phi) is 4.98. The molecule has 1 amide bonds. The maximum Gasteiger partial charge on any atom is 0.313 e. The molecule has 2 heterocycles. The third kappa shape index (κ3) is 3.71. The number of nitrogens with one attached hydrogen (secondary N) is 1. The lowest BCUT2D eigenvalue weighted by Crippen LogP contribution is -2.12. The first-order chi connectivity index (χ1) is 9.60. The minimum Gasteiger partial charge on any atom is -0.481 e. The summed E-state index contributed by atoms with van der Waals surface area (Å²) in [4.78, 5) is 22.9. The van der Waals surface area contributed by atoms with Crippen molar-refractivity contribution < 1.29 is 14.7 Å². The summed E-state index contributed by atoms with van der Waals surface area (Å²) in [7, 11) is 0. The molecule has 2 N–H and O–H groups in total. The number of carboxylic acid groups (broad SMARTS) is 1. The summed E-state index contributed by atoms with van der Waals surface area (Å²) in [6, 6.07) is 0. The highest BCUT2D eigenvalue weighted by Crippen LogP contribution is 2.26. The predicted molar refractivity (Wildman–Crippen MR) is 75.5 cm³/mol. The molecule has 2 aromatic rings. The standard InChI is InChI=1S/C9H9N5O3S3/c1-2-4-6(20-14-11-4)7(17)10-8-12-13-9(19-8)18-3-5(15)16/h2-3H2,1H3,(H,15,16)(H,10,12,17). The van der Waals surface area contributed by atoms with E-state index < -0.39 is 5.97 Å². The molecular formula is C9H9N5O3S3. The molecule has 20 heavy (non-hydrogen) atoms. The number of aryl methyl sites for hydroxylation is 1. The van der Waals surface area contributed by atoms with Gasteiger partial charge in [0.05, 0.1) is 11.4 Å². The van der Waals surface area contributed by atoms with Crippen LogP contribution in [0.1, 0.15) is 22.3 Å². The number of carbonyl (C=O) groups is 2. The molecular weight excluding hydrogens is 322 g/mol. The van der Waals surface area contributed by atoms with Crippen molar-refractivity contribution in [3.05, 3.63) is 10.6 Å². The topological polar surface area (TPSA) is 118 Å². The maximum atomic E-state index is 12.0. The van der Waals surface area contributed by atoms with Gasteiger partial charge in [0.15, 0.2) is 4.34 Å². The predicted octanol–water partition coefficient (Wildman–Crippen LogP) is 1.38. The second kappa shape index (κ2) is 6.72. The van der Waals surface area contributed by atoms with Crippen molar-refractivity contribution in [3.8, 4) is 0 Å². The lowest BCUT2D eigenvalue weighted by atomic mass is 10.3. The number of aliphatic carboxylic acids is 1. The van der Waals surface area contributed by atoms with Crippen molar-refractivity contribution in [2.24, 2.45) is 0 Å². The molecule has 8 nitrogen and oxygen atoms in total. The van der Waals surface area contributed by atoms with E-state index in [4.69, 9.17) is 5.11 Å². The van der Waals surface area contributed by atoms with Gasteiger partial charge in [0.1, 0.15) is 4.88 Å². The third-order valence-electron chi connectivity index (χ3n) is 2.04. The minimum atomic E-state index is -0.931. The Morgan fingerprint density at radius 1 is 1.35 bits per heavy atom. The molecule has 0 radical (unpaired) electrons. The Bertz CT molecular complexity index is 626. The van der Waals surface area contributed by atoms with Gasteiger partial charge in [-0.2, -0.15) is 0 Å². The largest absolute Gasteiger partial charge is 0.481 e. The van der Waals surface area contributed by atoms with Crippen molar-refractivity contribution in [1.82, 2.24) is 19.8 Å². The van der Waals surface area contributed by atoms with E-state index in [1.54, 1.807) is 0 Å². The van der Waals surface area contributed by atoms with E-state index in [-0.39, 0.29) is 11.7 Å². The molecule has 0 aliphatic carbocycles. The lowest BCUT2D eigenvalue weighted by molar-refractivity contribution is -0.133. The number of carbonyl (C=O) groups excluding carboxylic acids is 1. The van der Waals surface area contributed by atoms with Gasteiger partial charge in [0.25, 0.3) is 5.91 Å². The molecule has 0 saturated heterocycles. The zero-order chi connectivity index (χ0) is 14.5. The average Bonchev–Trinajstić information content (AvgIpc) is 3.04. The molecule has 0 spiro atoms. The fraction of sp³-hybridized carbons (Fsp3) is 0.333. The van der Waals surface area contributed by atoms with Crippen LogP contribution in [0.5, 0.6) is 0 Å². The van der Waals surface area contributed by atoms with Crippen LogP contribution in [0.25, 0.3) is 0 Å². The Balaban J connectivity index is 2.00. The van der Waals surface area contributed by atoms with Gasteiger partial charge in [-0.1, -0.05) is 34.5 Å². The number of hydrogen-bond acceptors (Lipinski definition) is 9. The summed E-state index contributed by atoms with van der Waals surface area (Å²) in [6.45, 7) is 1.89. The van der Waals surface area contributed by atoms with Crippen LogP contribution in [0.2, 0.25) is 0 Å². The van der Waals surface area contributed by atoms with Crippen LogP contribution in [0.4, 0.5) is 5.13 Å². The Labute approximate surface area is 125 Å². The van der Waals surface area contributed by atoms with Crippen molar-refractivity contribution in [2.75, 3.05) is 11.1 Å². The van der Waals surface area contributed by atoms with Gasteiger partial charge < -0.3 is 5.11 Å². The molecule has 106 valence electrons. The SMILES string of the molecule is CCc1nnsc1C(=O)Nc1nnc(SCC(=O)O)s1. The van der Waals surface area contributed by atoms with E-state index in [0.29, 0.717) is 26.5 Å². The fourth-order valence-electron chi connectivity index (χ4n) is 1.21. The first-order valence-corrected chi connectivity index (χ1v) is 7.98. The van der Waals surface area contributed by atoms with Gasteiger partial charge in [0.2, 0.25) is 5.13 Å².